The Labute approximate surface area is 141 Å². The average molecular weight is 332 g/mol. The Kier molecular flexibility index (Phi) is 5.04. The van der Waals surface area contributed by atoms with E-state index < -0.39 is 5.97 Å². The Morgan fingerprint density at radius 2 is 1.88 bits per heavy atom. The van der Waals surface area contributed by atoms with Crippen LogP contribution in [0.4, 0.5) is 4.79 Å². The number of amides is 2. The second-order valence-electron chi connectivity index (χ2n) is 6.80. The summed E-state index contributed by atoms with van der Waals surface area (Å²) < 4.78 is 5.46. The van der Waals surface area contributed by atoms with Crippen molar-refractivity contribution < 1.29 is 19.4 Å². The van der Waals surface area contributed by atoms with E-state index in [4.69, 9.17) is 9.84 Å². The van der Waals surface area contributed by atoms with Crippen molar-refractivity contribution in [2.45, 2.75) is 32.2 Å². The van der Waals surface area contributed by atoms with Gasteiger partial charge in [0, 0.05) is 32.8 Å². The van der Waals surface area contributed by atoms with Gasteiger partial charge in [-0.05, 0) is 48.8 Å². The minimum Gasteiger partial charge on any atom is -0.478 e. The van der Waals surface area contributed by atoms with E-state index in [1.807, 2.05) is 4.90 Å². The summed E-state index contributed by atoms with van der Waals surface area (Å²) in [6, 6.07) is 6.55. The molecule has 0 bridgehead atoms. The molecule has 2 heterocycles. The van der Waals surface area contributed by atoms with E-state index in [-0.39, 0.29) is 17.0 Å². The molecule has 0 atom stereocenters. The maximum atomic E-state index is 12.5. The van der Waals surface area contributed by atoms with Crippen LogP contribution in [0.25, 0.3) is 0 Å². The fourth-order valence-electron chi connectivity index (χ4n) is 3.65. The first-order chi connectivity index (χ1) is 11.6. The normalized spacial score (nSPS) is 19.9. The van der Waals surface area contributed by atoms with Crippen molar-refractivity contribution in [1.82, 2.24) is 10.2 Å². The van der Waals surface area contributed by atoms with E-state index in [0.29, 0.717) is 6.54 Å². The molecule has 6 nitrogen and oxygen atoms in total. The standard InChI is InChI=1S/C18H24N2O4/c21-16(22)15-4-2-14(3-5-15)12-19-17(23)20-9-1-6-18(13-20)7-10-24-11-8-18/h2-5H,1,6-13H2,(H,19,23)(H,21,22). The number of urea groups is 1. The lowest BCUT2D eigenvalue weighted by Gasteiger charge is -2.45. The summed E-state index contributed by atoms with van der Waals surface area (Å²) in [5, 5.41) is 11.8. The zero-order chi connectivity index (χ0) is 17.0. The fraction of sp³-hybridized carbons (Fsp3) is 0.556. The molecule has 0 aromatic heterocycles. The summed E-state index contributed by atoms with van der Waals surface area (Å²) in [5.41, 5.74) is 1.38. The molecule has 6 heteroatoms. The number of likely N-dealkylation sites (tertiary alicyclic amines) is 1. The summed E-state index contributed by atoms with van der Waals surface area (Å²) in [6.45, 7) is 3.61. The highest BCUT2D eigenvalue weighted by molar-refractivity contribution is 5.87. The number of nitrogens with zero attached hydrogens (tertiary/aromatic N) is 1. The SMILES string of the molecule is O=C(O)c1ccc(CNC(=O)N2CCCC3(CCOCC3)C2)cc1. The molecule has 3 rings (SSSR count). The maximum absolute atomic E-state index is 12.5. The van der Waals surface area contributed by atoms with Gasteiger partial charge in [0.15, 0.2) is 0 Å². The van der Waals surface area contributed by atoms with Gasteiger partial charge in [0.05, 0.1) is 5.56 Å². The summed E-state index contributed by atoms with van der Waals surface area (Å²) in [4.78, 5) is 25.2. The zero-order valence-corrected chi connectivity index (χ0v) is 13.8. The largest absolute Gasteiger partial charge is 0.478 e. The number of hydrogen-bond acceptors (Lipinski definition) is 3. The van der Waals surface area contributed by atoms with Crippen molar-refractivity contribution in [1.29, 1.82) is 0 Å². The minimum atomic E-state index is -0.944. The van der Waals surface area contributed by atoms with Gasteiger partial charge in [0.2, 0.25) is 0 Å². The van der Waals surface area contributed by atoms with E-state index in [1.165, 1.54) is 6.42 Å². The van der Waals surface area contributed by atoms with E-state index in [1.54, 1.807) is 24.3 Å². The second-order valence-corrected chi connectivity index (χ2v) is 6.80. The number of hydrogen-bond donors (Lipinski definition) is 2. The van der Waals surface area contributed by atoms with Gasteiger partial charge >= 0.3 is 12.0 Å². The van der Waals surface area contributed by atoms with Crippen LogP contribution in [-0.2, 0) is 11.3 Å². The molecule has 2 amide bonds. The van der Waals surface area contributed by atoms with Gasteiger partial charge in [0.25, 0.3) is 0 Å². The van der Waals surface area contributed by atoms with Crippen molar-refractivity contribution in [3.63, 3.8) is 0 Å². The Morgan fingerprint density at radius 1 is 1.17 bits per heavy atom. The number of piperidine rings is 1. The van der Waals surface area contributed by atoms with Gasteiger partial charge in [0.1, 0.15) is 0 Å². The summed E-state index contributed by atoms with van der Waals surface area (Å²) >= 11 is 0. The fourth-order valence-corrected chi connectivity index (χ4v) is 3.65. The molecule has 0 unspecified atom stereocenters. The highest BCUT2D eigenvalue weighted by Gasteiger charge is 2.38. The monoisotopic (exact) mass is 332 g/mol. The molecule has 0 aliphatic carbocycles. The molecule has 2 fully saturated rings. The predicted molar refractivity (Wildman–Crippen MR) is 88.9 cm³/mol. The van der Waals surface area contributed by atoms with Crippen LogP contribution in [0.3, 0.4) is 0 Å². The van der Waals surface area contributed by atoms with E-state index in [2.05, 4.69) is 5.32 Å². The third kappa shape index (κ3) is 3.87. The van der Waals surface area contributed by atoms with Crippen LogP contribution in [0.1, 0.15) is 41.6 Å². The van der Waals surface area contributed by atoms with Gasteiger partial charge in [-0.25, -0.2) is 9.59 Å². The summed E-state index contributed by atoms with van der Waals surface area (Å²) in [7, 11) is 0. The number of rotatable bonds is 3. The third-order valence-corrected chi connectivity index (χ3v) is 5.15. The first-order valence-electron chi connectivity index (χ1n) is 8.51. The third-order valence-electron chi connectivity index (χ3n) is 5.15. The van der Waals surface area contributed by atoms with Crippen LogP contribution in [-0.4, -0.2) is 48.3 Å². The Morgan fingerprint density at radius 3 is 2.54 bits per heavy atom. The number of carboxylic acids is 1. The molecule has 1 aromatic carbocycles. The highest BCUT2D eigenvalue weighted by atomic mass is 16.5. The number of carboxylic acid groups (broad SMARTS) is 1. The van der Waals surface area contributed by atoms with E-state index in [0.717, 1.165) is 51.1 Å². The first kappa shape index (κ1) is 16.8. The molecule has 130 valence electrons. The Hall–Kier alpha value is -2.08. The van der Waals surface area contributed by atoms with E-state index >= 15 is 0 Å². The molecule has 2 aliphatic heterocycles. The van der Waals surface area contributed by atoms with Crippen molar-refractivity contribution in [2.75, 3.05) is 26.3 Å². The van der Waals surface area contributed by atoms with Crippen molar-refractivity contribution in [3.8, 4) is 0 Å². The Bertz CT molecular complexity index is 588. The number of aromatic carboxylic acids is 1. The number of nitrogens with one attached hydrogen (secondary N) is 1. The lowest BCUT2D eigenvalue weighted by molar-refractivity contribution is -0.0186. The van der Waals surface area contributed by atoms with Crippen LogP contribution >= 0.6 is 0 Å². The molecule has 1 aromatic rings. The quantitative estimate of drug-likeness (QED) is 0.891. The molecule has 2 saturated heterocycles. The number of benzene rings is 1. The van der Waals surface area contributed by atoms with Crippen molar-refractivity contribution in [2.24, 2.45) is 5.41 Å². The molecule has 2 N–H and O–H groups in total. The van der Waals surface area contributed by atoms with Crippen LogP contribution < -0.4 is 5.32 Å². The smallest absolute Gasteiger partial charge is 0.335 e. The lowest BCUT2D eigenvalue weighted by Crippen LogP contribution is -2.51. The minimum absolute atomic E-state index is 0.0390. The van der Waals surface area contributed by atoms with Gasteiger partial charge in [-0.2, -0.15) is 0 Å². The van der Waals surface area contributed by atoms with E-state index in [9.17, 15) is 9.59 Å². The molecular weight excluding hydrogens is 308 g/mol. The van der Waals surface area contributed by atoms with Gasteiger partial charge in [-0.15, -0.1) is 0 Å². The van der Waals surface area contributed by atoms with Crippen LogP contribution in [0.5, 0.6) is 0 Å². The van der Waals surface area contributed by atoms with Gasteiger partial charge in [-0.1, -0.05) is 12.1 Å². The summed E-state index contributed by atoms with van der Waals surface area (Å²) in [5.74, 6) is -0.944. The van der Waals surface area contributed by atoms with Gasteiger partial charge in [-0.3, -0.25) is 0 Å². The molecule has 24 heavy (non-hydrogen) atoms. The van der Waals surface area contributed by atoms with Crippen LogP contribution in [0.2, 0.25) is 0 Å². The number of carbonyl (C=O) groups is 2. The maximum Gasteiger partial charge on any atom is 0.335 e. The average Bonchev–Trinajstić information content (AvgIpc) is 2.60. The lowest BCUT2D eigenvalue weighted by atomic mass is 9.74. The van der Waals surface area contributed by atoms with Crippen LogP contribution in [0, 0.1) is 5.41 Å². The molecule has 0 radical (unpaired) electrons. The topological polar surface area (TPSA) is 78.9 Å². The molecular formula is C18H24N2O4. The van der Waals surface area contributed by atoms with Crippen LogP contribution in [0.15, 0.2) is 24.3 Å². The number of carbonyl (C=O) groups excluding carboxylic acids is 1. The van der Waals surface area contributed by atoms with Crippen molar-refractivity contribution >= 4 is 12.0 Å². The second kappa shape index (κ2) is 7.21. The zero-order valence-electron chi connectivity index (χ0n) is 13.8. The Balaban J connectivity index is 1.53. The highest BCUT2D eigenvalue weighted by Crippen LogP contribution is 2.39. The number of ether oxygens (including phenoxy) is 1. The molecule has 0 saturated carbocycles. The first-order valence-corrected chi connectivity index (χ1v) is 8.51. The van der Waals surface area contributed by atoms with Crippen molar-refractivity contribution in [3.05, 3.63) is 35.4 Å². The van der Waals surface area contributed by atoms with Gasteiger partial charge < -0.3 is 20.1 Å². The summed E-state index contributed by atoms with van der Waals surface area (Å²) in [6.07, 6.45) is 4.29. The predicted octanol–water partition coefficient (Wildman–Crippen LogP) is 2.49. The molecule has 1 spiro atoms. The molecule has 2 aliphatic rings.